The summed E-state index contributed by atoms with van der Waals surface area (Å²) < 4.78 is 0. The lowest BCUT2D eigenvalue weighted by Crippen LogP contribution is -2.58. The van der Waals surface area contributed by atoms with Crippen molar-refractivity contribution in [1.29, 1.82) is 0 Å². The van der Waals surface area contributed by atoms with Crippen LogP contribution in [0.4, 0.5) is 0 Å². The first-order valence-corrected chi connectivity index (χ1v) is 11.5. The van der Waals surface area contributed by atoms with E-state index in [1.165, 1.54) is 0 Å². The number of rotatable bonds is 14. The van der Waals surface area contributed by atoms with Gasteiger partial charge in [-0.25, -0.2) is 9.59 Å². The maximum Gasteiger partial charge on any atom is 0.343 e. The average Bonchev–Trinajstić information content (AvgIpc) is 3.38. The molecule has 1 aliphatic heterocycles. The molecule has 176 valence electrons. The van der Waals surface area contributed by atoms with E-state index in [1.807, 2.05) is 13.8 Å². The highest BCUT2D eigenvalue weighted by Gasteiger charge is 2.71. The van der Waals surface area contributed by atoms with Crippen molar-refractivity contribution in [2.75, 3.05) is 0 Å². The molecule has 0 saturated heterocycles. The highest BCUT2D eigenvalue weighted by molar-refractivity contribution is 6.33. The SMILES string of the molecule is CCCCCC(=O)C1(C(=O)CCCCC)C(c2ccc[nH]2)=NC(C(=O)O)(C(=O)O)C1CC. The van der Waals surface area contributed by atoms with Crippen LogP contribution in [-0.4, -0.2) is 50.0 Å². The molecule has 3 N–H and O–H groups in total. The monoisotopic (exact) mass is 446 g/mol. The van der Waals surface area contributed by atoms with Gasteiger partial charge in [0.2, 0.25) is 0 Å². The molecule has 0 aromatic carbocycles. The first-order valence-electron chi connectivity index (χ1n) is 11.5. The topological polar surface area (TPSA) is 137 Å². The lowest BCUT2D eigenvalue weighted by molar-refractivity contribution is -0.161. The number of aliphatic carboxylic acids is 2. The molecule has 1 aromatic heterocycles. The second-order valence-corrected chi connectivity index (χ2v) is 8.45. The van der Waals surface area contributed by atoms with Crippen LogP contribution in [0.2, 0.25) is 0 Å². The summed E-state index contributed by atoms with van der Waals surface area (Å²) in [5, 5.41) is 20.1. The number of carbonyl (C=O) groups is 4. The zero-order valence-electron chi connectivity index (χ0n) is 19.1. The van der Waals surface area contributed by atoms with E-state index in [2.05, 4.69) is 9.98 Å². The second-order valence-electron chi connectivity index (χ2n) is 8.45. The third-order valence-electron chi connectivity index (χ3n) is 6.50. The second kappa shape index (κ2) is 10.7. The molecular weight excluding hydrogens is 412 g/mol. The molecule has 0 fully saturated rings. The smallest absolute Gasteiger partial charge is 0.343 e. The number of Topliss-reactive ketones (excluding diaryl/α,β-unsaturated/α-hetero) is 2. The van der Waals surface area contributed by atoms with Gasteiger partial charge in [0, 0.05) is 25.0 Å². The number of carbonyl (C=O) groups excluding carboxylic acids is 2. The summed E-state index contributed by atoms with van der Waals surface area (Å²) in [5.74, 6) is -5.50. The molecule has 1 atom stereocenters. The number of aromatic amines is 1. The van der Waals surface area contributed by atoms with Crippen molar-refractivity contribution in [3.05, 3.63) is 24.0 Å². The van der Waals surface area contributed by atoms with Gasteiger partial charge in [-0.1, -0.05) is 46.5 Å². The maximum atomic E-state index is 13.8. The fourth-order valence-corrected chi connectivity index (χ4v) is 4.93. The number of H-pyrrole nitrogens is 1. The van der Waals surface area contributed by atoms with Crippen LogP contribution in [0.5, 0.6) is 0 Å². The van der Waals surface area contributed by atoms with Crippen LogP contribution in [0.15, 0.2) is 23.3 Å². The standard InChI is InChI=1S/C24H34N2O6/c1-4-7-9-13-18(27)23(19(28)14-10-8-5-2)17(6-3)24(21(29)30,22(31)32)26-20(23)16-12-11-15-25-16/h11-12,15,17,25H,4-10,13-14H2,1-3H3,(H,29,30)(H,31,32). The number of nitrogens with one attached hydrogen (secondary N) is 1. The van der Waals surface area contributed by atoms with E-state index in [0.29, 0.717) is 18.5 Å². The quantitative estimate of drug-likeness (QED) is 0.291. The van der Waals surface area contributed by atoms with Crippen molar-refractivity contribution in [3.8, 4) is 0 Å². The van der Waals surface area contributed by atoms with Gasteiger partial charge in [-0.3, -0.25) is 14.6 Å². The summed E-state index contributed by atoms with van der Waals surface area (Å²) in [7, 11) is 0. The van der Waals surface area contributed by atoms with E-state index < -0.39 is 40.4 Å². The molecule has 8 nitrogen and oxygen atoms in total. The summed E-state index contributed by atoms with van der Waals surface area (Å²) >= 11 is 0. The highest BCUT2D eigenvalue weighted by Crippen LogP contribution is 2.52. The number of carboxylic acids is 2. The third kappa shape index (κ3) is 4.14. The number of ketones is 2. The highest BCUT2D eigenvalue weighted by atomic mass is 16.4. The number of aliphatic imine (C=N–C) groups is 1. The molecule has 0 bridgehead atoms. The summed E-state index contributed by atoms with van der Waals surface area (Å²) in [4.78, 5) is 59.5. The van der Waals surface area contributed by atoms with Gasteiger partial charge in [0.15, 0.2) is 11.6 Å². The summed E-state index contributed by atoms with van der Waals surface area (Å²) in [6.07, 6.45) is 6.10. The van der Waals surface area contributed by atoms with Gasteiger partial charge in [0.05, 0.1) is 11.4 Å². The van der Waals surface area contributed by atoms with Crippen molar-refractivity contribution >= 4 is 29.2 Å². The zero-order valence-corrected chi connectivity index (χ0v) is 19.1. The number of nitrogens with zero attached hydrogens (tertiary/aromatic N) is 1. The molecule has 1 unspecified atom stereocenters. The van der Waals surface area contributed by atoms with E-state index in [-0.39, 0.29) is 25.0 Å². The minimum atomic E-state index is -2.60. The van der Waals surface area contributed by atoms with Crippen LogP contribution in [0.1, 0.15) is 84.3 Å². The number of unbranched alkanes of at least 4 members (excludes halogenated alkanes) is 4. The van der Waals surface area contributed by atoms with Crippen LogP contribution >= 0.6 is 0 Å². The van der Waals surface area contributed by atoms with E-state index in [4.69, 9.17) is 0 Å². The number of hydrogen-bond acceptors (Lipinski definition) is 5. The van der Waals surface area contributed by atoms with E-state index in [0.717, 1.165) is 25.7 Å². The Bertz CT molecular complexity index is 835. The zero-order chi connectivity index (χ0) is 23.9. The molecule has 0 radical (unpaired) electrons. The van der Waals surface area contributed by atoms with Crippen LogP contribution in [0, 0.1) is 11.3 Å². The Morgan fingerprint density at radius 2 is 1.47 bits per heavy atom. The predicted octanol–water partition coefficient (Wildman–Crippen LogP) is 4.04. The Labute approximate surface area is 188 Å². The Hall–Kier alpha value is -2.77. The largest absolute Gasteiger partial charge is 0.479 e. The summed E-state index contributed by atoms with van der Waals surface area (Å²) in [5.41, 5.74) is -4.25. The normalized spacial score (nSPS) is 18.8. The van der Waals surface area contributed by atoms with Crippen molar-refractivity contribution in [2.45, 2.75) is 84.1 Å². The average molecular weight is 447 g/mol. The lowest BCUT2D eigenvalue weighted by Gasteiger charge is -2.37. The summed E-state index contributed by atoms with van der Waals surface area (Å²) in [6, 6.07) is 3.24. The van der Waals surface area contributed by atoms with Gasteiger partial charge in [-0.15, -0.1) is 0 Å². The first-order chi connectivity index (χ1) is 15.2. The molecule has 8 heteroatoms. The number of carboxylic acid groups (broad SMARTS) is 2. The molecule has 2 heterocycles. The molecule has 0 saturated carbocycles. The van der Waals surface area contributed by atoms with Gasteiger partial charge >= 0.3 is 11.9 Å². The predicted molar refractivity (Wildman–Crippen MR) is 120 cm³/mol. The van der Waals surface area contributed by atoms with E-state index >= 15 is 0 Å². The van der Waals surface area contributed by atoms with Crippen molar-refractivity contribution in [2.24, 2.45) is 16.3 Å². The van der Waals surface area contributed by atoms with Crippen molar-refractivity contribution in [3.63, 3.8) is 0 Å². The minimum Gasteiger partial charge on any atom is -0.479 e. The first kappa shape index (κ1) is 25.5. The molecular formula is C24H34N2O6. The third-order valence-corrected chi connectivity index (χ3v) is 6.50. The minimum absolute atomic E-state index is 0.00530. The molecule has 0 aliphatic carbocycles. The molecule has 0 spiro atoms. The van der Waals surface area contributed by atoms with Crippen molar-refractivity contribution < 1.29 is 29.4 Å². The fourth-order valence-electron chi connectivity index (χ4n) is 4.93. The fraction of sp³-hybridized carbons (Fsp3) is 0.625. The van der Waals surface area contributed by atoms with Crippen LogP contribution in [0.25, 0.3) is 0 Å². The van der Waals surface area contributed by atoms with E-state index in [9.17, 15) is 29.4 Å². The maximum absolute atomic E-state index is 13.8. The van der Waals surface area contributed by atoms with Gasteiger partial charge in [-0.05, 0) is 31.4 Å². The Morgan fingerprint density at radius 3 is 1.84 bits per heavy atom. The number of hydrogen-bond donors (Lipinski definition) is 3. The molecule has 1 aromatic rings. The molecule has 0 amide bonds. The van der Waals surface area contributed by atoms with Gasteiger partial charge < -0.3 is 15.2 Å². The van der Waals surface area contributed by atoms with Crippen molar-refractivity contribution in [1.82, 2.24) is 4.98 Å². The Kier molecular flexibility index (Phi) is 8.52. The Morgan fingerprint density at radius 1 is 0.938 bits per heavy atom. The van der Waals surface area contributed by atoms with Crippen LogP contribution < -0.4 is 0 Å². The van der Waals surface area contributed by atoms with E-state index in [1.54, 1.807) is 25.3 Å². The van der Waals surface area contributed by atoms with Gasteiger partial charge in [-0.2, -0.15) is 0 Å². The summed E-state index contributed by atoms with van der Waals surface area (Å²) in [6.45, 7) is 5.60. The molecule has 1 aliphatic rings. The van der Waals surface area contributed by atoms with Gasteiger partial charge in [0.25, 0.3) is 5.54 Å². The van der Waals surface area contributed by atoms with Crippen LogP contribution in [0.3, 0.4) is 0 Å². The van der Waals surface area contributed by atoms with Crippen LogP contribution in [-0.2, 0) is 19.2 Å². The lowest BCUT2D eigenvalue weighted by atomic mass is 9.59. The molecule has 32 heavy (non-hydrogen) atoms. The van der Waals surface area contributed by atoms with Gasteiger partial charge in [0.1, 0.15) is 5.41 Å². The molecule has 2 rings (SSSR count). The Balaban J connectivity index is 2.79. The number of aromatic nitrogens is 1.